The Bertz CT molecular complexity index is 1440. The number of fused-ring (bicyclic) bond motifs is 1. The number of alkyl halides is 3. The number of aliphatic hydroxyl groups excluding tert-OH is 1. The molecule has 8 nitrogen and oxygen atoms in total. The van der Waals surface area contributed by atoms with Crippen LogP contribution in [-0.2, 0) is 4.79 Å². The van der Waals surface area contributed by atoms with E-state index >= 15 is 0 Å². The zero-order valence-electron chi connectivity index (χ0n) is 18.2. The number of hydrogen-bond acceptors (Lipinski definition) is 5. The topological polar surface area (TPSA) is 105 Å². The lowest BCUT2D eigenvalue weighted by atomic mass is 10.1. The number of nitrogens with one attached hydrogen (secondary N) is 1. The van der Waals surface area contributed by atoms with Crippen LogP contribution in [-0.4, -0.2) is 51.3 Å². The minimum atomic E-state index is -4.80. The molecule has 0 unspecified atom stereocenters. The number of amides is 2. The maximum atomic E-state index is 14.8. The summed E-state index contributed by atoms with van der Waals surface area (Å²) in [5, 5.41) is 10.6. The minimum Gasteiger partial charge on any atom is -0.391 e. The van der Waals surface area contributed by atoms with Crippen molar-refractivity contribution >= 4 is 40.3 Å². The first-order chi connectivity index (χ1) is 16.8. The summed E-state index contributed by atoms with van der Waals surface area (Å²) in [5.41, 5.74) is -2.68. The average molecular weight is 531 g/mol. The lowest BCUT2D eigenvalue weighted by Crippen LogP contribution is -2.44. The summed E-state index contributed by atoms with van der Waals surface area (Å²) in [6.45, 7) is 0.562. The quantitative estimate of drug-likeness (QED) is 0.505. The molecule has 2 N–H and O–H groups in total. The molecule has 0 aliphatic carbocycles. The van der Waals surface area contributed by atoms with Gasteiger partial charge in [0.2, 0.25) is 11.3 Å². The van der Waals surface area contributed by atoms with Gasteiger partial charge in [-0.25, -0.2) is 13.8 Å². The summed E-state index contributed by atoms with van der Waals surface area (Å²) in [7, 11) is 0. The van der Waals surface area contributed by atoms with E-state index in [1.165, 1.54) is 6.07 Å². The number of nitrogens with zero attached hydrogens (tertiary/aromatic N) is 3. The highest BCUT2D eigenvalue weighted by Crippen LogP contribution is 2.29. The number of rotatable bonds is 4. The van der Waals surface area contributed by atoms with Gasteiger partial charge in [-0.3, -0.25) is 23.9 Å². The second kappa shape index (κ2) is 9.13. The highest BCUT2D eigenvalue weighted by Gasteiger charge is 2.38. The van der Waals surface area contributed by atoms with Crippen LogP contribution in [0.25, 0.3) is 16.7 Å². The Morgan fingerprint density at radius 2 is 1.94 bits per heavy atom. The van der Waals surface area contributed by atoms with Crippen LogP contribution >= 0.6 is 11.6 Å². The maximum Gasteiger partial charge on any atom is 0.408 e. The van der Waals surface area contributed by atoms with E-state index in [1.807, 2.05) is 0 Å². The third kappa shape index (κ3) is 4.63. The molecule has 2 amide bonds. The summed E-state index contributed by atoms with van der Waals surface area (Å²) in [4.78, 5) is 43.2. The molecule has 36 heavy (non-hydrogen) atoms. The molecule has 0 radical (unpaired) electrons. The summed E-state index contributed by atoms with van der Waals surface area (Å²) in [6.07, 6.45) is -5.21. The van der Waals surface area contributed by atoms with Crippen molar-refractivity contribution in [3.05, 3.63) is 62.9 Å². The molecule has 0 spiro atoms. The summed E-state index contributed by atoms with van der Waals surface area (Å²) >= 11 is 6.04. The van der Waals surface area contributed by atoms with Gasteiger partial charge in [0.1, 0.15) is 28.9 Å². The number of halogens is 6. The van der Waals surface area contributed by atoms with Crippen LogP contribution in [0.1, 0.15) is 23.7 Å². The Balaban J connectivity index is 1.97. The van der Waals surface area contributed by atoms with E-state index < -0.39 is 63.5 Å². The van der Waals surface area contributed by atoms with Crippen molar-refractivity contribution in [1.82, 2.24) is 14.9 Å². The standard InChI is InChI=1S/C22H16ClF5N4O4/c1-9(22(26,27)28)29-21(36)13-8-32(18-14(23)4-10(24)5-15(18)25)20-12(19(13)35)2-3-16(30-20)31-7-11(33)6-17(31)34/h2-5,8-9,11,33H,6-7H2,1H3,(H,29,36)/t9-,11-/m0/s1. The Labute approximate surface area is 203 Å². The number of pyridine rings is 2. The number of aliphatic hydroxyl groups is 1. The van der Waals surface area contributed by atoms with Crippen LogP contribution in [0.4, 0.5) is 27.8 Å². The van der Waals surface area contributed by atoms with Gasteiger partial charge in [-0.05, 0) is 25.1 Å². The van der Waals surface area contributed by atoms with Crippen LogP contribution in [0.2, 0.25) is 5.02 Å². The van der Waals surface area contributed by atoms with Gasteiger partial charge in [0.05, 0.1) is 29.5 Å². The fourth-order valence-corrected chi connectivity index (χ4v) is 3.99. The van der Waals surface area contributed by atoms with E-state index in [0.29, 0.717) is 13.0 Å². The lowest BCUT2D eigenvalue weighted by molar-refractivity contribution is -0.149. The maximum absolute atomic E-state index is 14.8. The van der Waals surface area contributed by atoms with E-state index in [0.717, 1.165) is 27.8 Å². The molecule has 0 saturated carbocycles. The molecule has 1 saturated heterocycles. The van der Waals surface area contributed by atoms with Gasteiger partial charge in [0, 0.05) is 12.3 Å². The molecule has 2 atom stereocenters. The largest absolute Gasteiger partial charge is 0.408 e. The Kier molecular flexibility index (Phi) is 6.47. The zero-order chi connectivity index (χ0) is 26.5. The number of benzene rings is 1. The van der Waals surface area contributed by atoms with E-state index in [-0.39, 0.29) is 29.8 Å². The molecule has 1 aliphatic rings. The third-order valence-electron chi connectivity index (χ3n) is 5.52. The molecule has 1 aromatic carbocycles. The van der Waals surface area contributed by atoms with Crippen molar-refractivity contribution in [1.29, 1.82) is 0 Å². The molecule has 14 heteroatoms. The van der Waals surface area contributed by atoms with Gasteiger partial charge in [0.15, 0.2) is 11.5 Å². The Morgan fingerprint density at radius 3 is 2.53 bits per heavy atom. The molecule has 1 fully saturated rings. The van der Waals surface area contributed by atoms with Gasteiger partial charge >= 0.3 is 6.18 Å². The van der Waals surface area contributed by atoms with Gasteiger partial charge in [-0.15, -0.1) is 0 Å². The van der Waals surface area contributed by atoms with Crippen molar-refractivity contribution < 1.29 is 36.6 Å². The Morgan fingerprint density at radius 1 is 1.25 bits per heavy atom. The fraction of sp³-hybridized carbons (Fsp3) is 0.273. The first kappa shape index (κ1) is 25.5. The number of hydrogen-bond donors (Lipinski definition) is 2. The second-order valence-electron chi connectivity index (χ2n) is 8.10. The Hall–Kier alpha value is -3.58. The summed E-state index contributed by atoms with van der Waals surface area (Å²) in [6, 6.07) is 1.29. The number of carbonyl (C=O) groups is 2. The molecule has 0 bridgehead atoms. The van der Waals surface area contributed by atoms with Crippen molar-refractivity contribution in [3.63, 3.8) is 0 Å². The highest BCUT2D eigenvalue weighted by atomic mass is 35.5. The first-order valence-electron chi connectivity index (χ1n) is 10.3. The van der Waals surface area contributed by atoms with E-state index in [4.69, 9.17) is 11.6 Å². The minimum absolute atomic E-state index is 0.0289. The van der Waals surface area contributed by atoms with Crippen LogP contribution in [0.5, 0.6) is 0 Å². The van der Waals surface area contributed by atoms with E-state index in [9.17, 15) is 41.4 Å². The number of β-amino-alcohol motifs (C(OH)–C–C–N with tert-alkyl or cyclic N) is 1. The summed E-state index contributed by atoms with van der Waals surface area (Å²) in [5.74, 6) is -4.17. The molecule has 190 valence electrons. The normalized spacial score (nSPS) is 17.1. The first-order valence-corrected chi connectivity index (χ1v) is 10.7. The van der Waals surface area contributed by atoms with Crippen LogP contribution in [0, 0.1) is 11.6 Å². The van der Waals surface area contributed by atoms with Gasteiger partial charge in [-0.2, -0.15) is 13.2 Å². The number of anilines is 1. The number of carbonyl (C=O) groups excluding carboxylic acids is 2. The van der Waals surface area contributed by atoms with Crippen molar-refractivity contribution in [2.45, 2.75) is 31.7 Å². The van der Waals surface area contributed by atoms with Crippen LogP contribution in [0.15, 0.2) is 35.3 Å². The zero-order valence-corrected chi connectivity index (χ0v) is 19.0. The number of aromatic nitrogens is 2. The second-order valence-corrected chi connectivity index (χ2v) is 8.51. The van der Waals surface area contributed by atoms with Gasteiger partial charge < -0.3 is 10.4 Å². The van der Waals surface area contributed by atoms with E-state index in [2.05, 4.69) is 4.98 Å². The molecular weight excluding hydrogens is 515 g/mol. The molecule has 3 heterocycles. The lowest BCUT2D eigenvalue weighted by Gasteiger charge is -2.20. The van der Waals surface area contributed by atoms with Crippen molar-refractivity contribution in [2.24, 2.45) is 0 Å². The van der Waals surface area contributed by atoms with Gasteiger partial charge in [-0.1, -0.05) is 11.6 Å². The SMILES string of the molecule is C[C@H](NC(=O)c1cn(-c2c(F)cc(F)cc2Cl)c2nc(N3C[C@@H](O)CC3=O)ccc2c1=O)C(F)(F)F. The average Bonchev–Trinajstić information content (AvgIpc) is 3.11. The predicted octanol–water partition coefficient (Wildman–Crippen LogP) is 3.10. The fourth-order valence-electron chi connectivity index (χ4n) is 3.71. The third-order valence-corrected chi connectivity index (χ3v) is 5.81. The van der Waals surface area contributed by atoms with E-state index in [1.54, 1.807) is 5.32 Å². The molecular formula is C22H16ClF5N4O4. The van der Waals surface area contributed by atoms with Crippen molar-refractivity contribution in [2.75, 3.05) is 11.4 Å². The smallest absolute Gasteiger partial charge is 0.391 e. The molecule has 2 aromatic heterocycles. The predicted molar refractivity (Wildman–Crippen MR) is 118 cm³/mol. The van der Waals surface area contributed by atoms with Gasteiger partial charge in [0.25, 0.3) is 5.91 Å². The summed E-state index contributed by atoms with van der Waals surface area (Å²) < 4.78 is 68.2. The molecule has 1 aliphatic heterocycles. The van der Waals surface area contributed by atoms with Crippen LogP contribution in [0.3, 0.4) is 0 Å². The monoisotopic (exact) mass is 530 g/mol. The molecule has 4 rings (SSSR count). The van der Waals surface area contributed by atoms with Crippen molar-refractivity contribution in [3.8, 4) is 5.69 Å². The highest BCUT2D eigenvalue weighted by molar-refractivity contribution is 6.32. The molecule has 3 aromatic rings. The van der Waals surface area contributed by atoms with Crippen LogP contribution < -0.4 is 15.6 Å².